The Hall–Kier alpha value is -1.50. The second kappa shape index (κ2) is 3.50. The van der Waals surface area contributed by atoms with E-state index in [-0.39, 0.29) is 0 Å². The summed E-state index contributed by atoms with van der Waals surface area (Å²) in [5.74, 6) is 0. The number of fused-ring (bicyclic) bond motifs is 3. The molecule has 4 rings (SSSR count). The highest BCUT2D eigenvalue weighted by Crippen LogP contribution is 2.50. The predicted molar refractivity (Wildman–Crippen MR) is 78.4 cm³/mol. The molecule has 0 amide bonds. The average molecular weight is 271 g/mol. The molecule has 0 saturated heterocycles. The van der Waals surface area contributed by atoms with Crippen LogP contribution in [0.4, 0.5) is 0 Å². The van der Waals surface area contributed by atoms with Crippen LogP contribution in [0.3, 0.4) is 0 Å². The van der Waals surface area contributed by atoms with Crippen LogP contribution in [-0.2, 0) is 0 Å². The molecule has 2 heteroatoms. The highest BCUT2D eigenvalue weighted by atomic mass is 35.5. The number of hydrogen-bond acceptors (Lipinski definition) is 0. The standard InChI is InChI=1S/C16H8Cl2/c17-14-8-13-10-5-2-1-4-9(10)11-6-3-7-12(15(11)13)16(14)18/h1-8H. The summed E-state index contributed by atoms with van der Waals surface area (Å²) < 4.78 is 0. The molecule has 0 atom stereocenters. The average Bonchev–Trinajstić information content (AvgIpc) is 2.72. The molecule has 0 spiro atoms. The fraction of sp³-hybridized carbons (Fsp3) is 0. The van der Waals surface area contributed by atoms with Crippen molar-refractivity contribution in [1.29, 1.82) is 0 Å². The largest absolute Gasteiger partial charge is 0.0827 e. The lowest BCUT2D eigenvalue weighted by Crippen LogP contribution is -1.79. The van der Waals surface area contributed by atoms with Crippen molar-refractivity contribution >= 4 is 34.0 Å². The molecular weight excluding hydrogens is 263 g/mol. The van der Waals surface area contributed by atoms with Crippen molar-refractivity contribution in [2.24, 2.45) is 0 Å². The van der Waals surface area contributed by atoms with Crippen molar-refractivity contribution in [1.82, 2.24) is 0 Å². The van der Waals surface area contributed by atoms with E-state index >= 15 is 0 Å². The third-order valence-electron chi connectivity index (χ3n) is 3.56. The summed E-state index contributed by atoms with van der Waals surface area (Å²) in [6.45, 7) is 0. The third kappa shape index (κ3) is 1.17. The predicted octanol–water partition coefficient (Wildman–Crippen LogP) is 5.79. The first-order chi connectivity index (χ1) is 8.77. The minimum Gasteiger partial charge on any atom is -0.0827 e. The molecule has 86 valence electrons. The SMILES string of the molecule is Clc1cc2c3c(cccc3c1Cl)-c1ccccc1-2. The molecule has 0 aromatic heterocycles. The molecule has 1 aliphatic carbocycles. The van der Waals surface area contributed by atoms with Gasteiger partial charge in [0.05, 0.1) is 10.0 Å². The van der Waals surface area contributed by atoms with Gasteiger partial charge in [0.15, 0.2) is 0 Å². The molecule has 0 saturated carbocycles. The highest BCUT2D eigenvalue weighted by Gasteiger charge is 2.22. The van der Waals surface area contributed by atoms with Gasteiger partial charge in [-0.25, -0.2) is 0 Å². The molecule has 0 heterocycles. The summed E-state index contributed by atoms with van der Waals surface area (Å²) in [4.78, 5) is 0. The molecule has 0 aliphatic heterocycles. The Bertz CT molecular complexity index is 804. The lowest BCUT2D eigenvalue weighted by Gasteiger charge is -2.06. The second-order valence-corrected chi connectivity index (χ2v) is 5.28. The molecule has 1 aliphatic rings. The van der Waals surface area contributed by atoms with Crippen LogP contribution in [0.2, 0.25) is 10.0 Å². The zero-order valence-electron chi connectivity index (χ0n) is 9.37. The number of benzene rings is 3. The third-order valence-corrected chi connectivity index (χ3v) is 4.36. The van der Waals surface area contributed by atoms with Crippen molar-refractivity contribution in [3.8, 4) is 22.3 Å². The van der Waals surface area contributed by atoms with Crippen molar-refractivity contribution in [3.63, 3.8) is 0 Å². The first-order valence-electron chi connectivity index (χ1n) is 5.78. The van der Waals surface area contributed by atoms with Crippen molar-refractivity contribution in [2.75, 3.05) is 0 Å². The lowest BCUT2D eigenvalue weighted by atomic mass is 10.0. The van der Waals surface area contributed by atoms with Crippen LogP contribution in [0, 0.1) is 0 Å². The minimum atomic E-state index is 0.619. The van der Waals surface area contributed by atoms with Crippen molar-refractivity contribution in [2.45, 2.75) is 0 Å². The quantitative estimate of drug-likeness (QED) is 0.379. The summed E-state index contributed by atoms with van der Waals surface area (Å²) in [5, 5.41) is 3.51. The van der Waals surface area contributed by atoms with Gasteiger partial charge < -0.3 is 0 Å². The van der Waals surface area contributed by atoms with Crippen LogP contribution in [0.25, 0.3) is 33.0 Å². The van der Waals surface area contributed by atoms with E-state index in [9.17, 15) is 0 Å². The van der Waals surface area contributed by atoms with Crippen molar-refractivity contribution < 1.29 is 0 Å². The van der Waals surface area contributed by atoms with Crippen LogP contribution in [0.1, 0.15) is 0 Å². The van der Waals surface area contributed by atoms with E-state index in [0.717, 1.165) is 5.39 Å². The highest BCUT2D eigenvalue weighted by molar-refractivity contribution is 6.46. The van der Waals surface area contributed by atoms with E-state index in [1.807, 2.05) is 18.2 Å². The second-order valence-electron chi connectivity index (χ2n) is 4.49. The van der Waals surface area contributed by atoms with Gasteiger partial charge in [0.2, 0.25) is 0 Å². The van der Waals surface area contributed by atoms with E-state index < -0.39 is 0 Å². The van der Waals surface area contributed by atoms with Gasteiger partial charge in [-0.05, 0) is 33.7 Å². The Morgan fingerprint density at radius 2 is 1.33 bits per heavy atom. The molecular formula is C16H8Cl2. The summed E-state index contributed by atoms with van der Waals surface area (Å²) in [6, 6.07) is 16.6. The Morgan fingerprint density at radius 1 is 0.667 bits per heavy atom. The maximum atomic E-state index is 6.31. The van der Waals surface area contributed by atoms with E-state index in [4.69, 9.17) is 23.2 Å². The Balaban J connectivity index is 2.31. The summed E-state index contributed by atoms with van der Waals surface area (Å²) in [5.41, 5.74) is 4.93. The van der Waals surface area contributed by atoms with Gasteiger partial charge in [0.25, 0.3) is 0 Å². The van der Waals surface area contributed by atoms with E-state index in [2.05, 4.69) is 30.3 Å². The van der Waals surface area contributed by atoms with Crippen LogP contribution in [0.5, 0.6) is 0 Å². The summed E-state index contributed by atoms with van der Waals surface area (Å²) in [7, 11) is 0. The van der Waals surface area contributed by atoms with Gasteiger partial charge in [0, 0.05) is 5.39 Å². The Kier molecular flexibility index (Phi) is 2.03. The fourth-order valence-electron chi connectivity index (χ4n) is 2.81. The maximum absolute atomic E-state index is 6.31. The number of halogens is 2. The minimum absolute atomic E-state index is 0.619. The van der Waals surface area contributed by atoms with Crippen LogP contribution >= 0.6 is 23.2 Å². The topological polar surface area (TPSA) is 0 Å². The maximum Gasteiger partial charge on any atom is 0.0671 e. The van der Waals surface area contributed by atoms with E-state index in [1.165, 1.54) is 27.6 Å². The van der Waals surface area contributed by atoms with E-state index in [0.29, 0.717) is 10.0 Å². The van der Waals surface area contributed by atoms with Gasteiger partial charge in [0.1, 0.15) is 0 Å². The van der Waals surface area contributed by atoms with Crippen molar-refractivity contribution in [3.05, 3.63) is 58.6 Å². The molecule has 0 nitrogen and oxygen atoms in total. The monoisotopic (exact) mass is 270 g/mol. The molecule has 3 aromatic rings. The molecule has 3 aromatic carbocycles. The number of hydrogen-bond donors (Lipinski definition) is 0. The van der Waals surface area contributed by atoms with Crippen LogP contribution < -0.4 is 0 Å². The first-order valence-corrected chi connectivity index (χ1v) is 6.53. The molecule has 0 unspecified atom stereocenters. The molecule has 0 N–H and O–H groups in total. The first kappa shape index (κ1) is 10.4. The smallest absolute Gasteiger partial charge is 0.0671 e. The molecule has 0 bridgehead atoms. The normalized spacial score (nSPS) is 11.9. The summed E-state index contributed by atoms with van der Waals surface area (Å²) >= 11 is 12.5. The van der Waals surface area contributed by atoms with Gasteiger partial charge in [-0.2, -0.15) is 0 Å². The van der Waals surface area contributed by atoms with Crippen LogP contribution in [0.15, 0.2) is 48.5 Å². The molecule has 0 radical (unpaired) electrons. The van der Waals surface area contributed by atoms with Gasteiger partial charge >= 0.3 is 0 Å². The molecule has 0 fully saturated rings. The Labute approximate surface area is 115 Å². The van der Waals surface area contributed by atoms with E-state index in [1.54, 1.807) is 0 Å². The van der Waals surface area contributed by atoms with Gasteiger partial charge in [-0.1, -0.05) is 65.7 Å². The summed E-state index contributed by atoms with van der Waals surface area (Å²) in [6.07, 6.45) is 0. The Morgan fingerprint density at radius 3 is 2.11 bits per heavy atom. The lowest BCUT2D eigenvalue weighted by molar-refractivity contribution is 1.70. The van der Waals surface area contributed by atoms with Gasteiger partial charge in [-0.3, -0.25) is 0 Å². The fourth-order valence-corrected chi connectivity index (χ4v) is 3.23. The molecule has 18 heavy (non-hydrogen) atoms. The number of rotatable bonds is 0. The zero-order valence-corrected chi connectivity index (χ0v) is 10.9. The van der Waals surface area contributed by atoms with Crippen LogP contribution in [-0.4, -0.2) is 0 Å². The zero-order chi connectivity index (χ0) is 12.3. The van der Waals surface area contributed by atoms with Gasteiger partial charge in [-0.15, -0.1) is 0 Å².